The van der Waals surface area contributed by atoms with Gasteiger partial charge in [0.2, 0.25) is 0 Å². The fraction of sp³-hybridized carbons (Fsp3) is 0.241. The second-order valence-electron chi connectivity index (χ2n) is 8.39. The van der Waals surface area contributed by atoms with E-state index in [1.165, 1.54) is 4.90 Å². The lowest BCUT2D eigenvalue weighted by Gasteiger charge is -2.27. The van der Waals surface area contributed by atoms with Crippen molar-refractivity contribution in [1.82, 2.24) is 0 Å². The molecule has 0 bridgehead atoms. The van der Waals surface area contributed by atoms with Crippen LogP contribution in [0.1, 0.15) is 42.1 Å². The number of hydrogen-bond acceptors (Lipinski definition) is 5. The lowest BCUT2D eigenvalue weighted by molar-refractivity contribution is -0.132. The molecule has 3 aromatic carbocycles. The van der Waals surface area contributed by atoms with Crippen molar-refractivity contribution in [3.05, 3.63) is 94.6 Å². The molecule has 1 heterocycles. The predicted octanol–water partition coefficient (Wildman–Crippen LogP) is 5.73. The third kappa shape index (κ3) is 4.52. The summed E-state index contributed by atoms with van der Waals surface area (Å²) in [6.07, 6.45) is 0. The fourth-order valence-corrected chi connectivity index (χ4v) is 4.48. The number of carbonyl (C=O) groups excluding carboxylic acids is 2. The van der Waals surface area contributed by atoms with E-state index in [2.05, 4.69) is 0 Å². The first-order valence-electron chi connectivity index (χ1n) is 11.7. The molecule has 180 valence electrons. The summed E-state index contributed by atoms with van der Waals surface area (Å²) in [7, 11) is 0. The highest BCUT2D eigenvalue weighted by Crippen LogP contribution is 2.44. The monoisotopic (exact) mass is 471 g/mol. The molecular formula is C29H29NO5. The van der Waals surface area contributed by atoms with Crippen molar-refractivity contribution >= 4 is 23.1 Å². The summed E-state index contributed by atoms with van der Waals surface area (Å²) >= 11 is 0. The third-order valence-corrected chi connectivity index (χ3v) is 5.99. The number of carbonyl (C=O) groups is 2. The van der Waals surface area contributed by atoms with E-state index in [4.69, 9.17) is 9.47 Å². The molecule has 1 aliphatic heterocycles. The maximum Gasteiger partial charge on any atom is 0.300 e. The van der Waals surface area contributed by atoms with E-state index in [0.717, 1.165) is 16.7 Å². The van der Waals surface area contributed by atoms with E-state index >= 15 is 0 Å². The molecule has 35 heavy (non-hydrogen) atoms. The van der Waals surface area contributed by atoms with Crippen LogP contribution >= 0.6 is 0 Å². The lowest BCUT2D eigenvalue weighted by atomic mass is 9.94. The van der Waals surface area contributed by atoms with E-state index in [1.54, 1.807) is 18.2 Å². The fourth-order valence-electron chi connectivity index (χ4n) is 4.48. The standard InChI is InChI=1S/C29H29NO5/c1-5-34-21-13-14-22(24(17-21)35-6-2)27(31)25-26(20-10-8-7-9-11-20)30(29(33)28(25)32)23-15-12-18(3)16-19(23)4/h7-17,26,31H,5-6H2,1-4H3/b27-25-. The molecule has 3 aromatic rings. The number of amides is 1. The molecular weight excluding hydrogens is 442 g/mol. The first kappa shape index (κ1) is 24.1. The number of aryl methyl sites for hydroxylation is 2. The van der Waals surface area contributed by atoms with Gasteiger partial charge in [-0.3, -0.25) is 14.5 Å². The molecule has 1 unspecified atom stereocenters. The summed E-state index contributed by atoms with van der Waals surface area (Å²) < 4.78 is 11.3. The highest BCUT2D eigenvalue weighted by molar-refractivity contribution is 6.51. The van der Waals surface area contributed by atoms with Crippen LogP contribution in [0.4, 0.5) is 5.69 Å². The van der Waals surface area contributed by atoms with Crippen LogP contribution in [0.5, 0.6) is 11.5 Å². The largest absolute Gasteiger partial charge is 0.507 e. The Morgan fingerprint density at radius 2 is 1.63 bits per heavy atom. The zero-order valence-corrected chi connectivity index (χ0v) is 20.4. The topological polar surface area (TPSA) is 76.1 Å². The second-order valence-corrected chi connectivity index (χ2v) is 8.39. The number of aliphatic hydroxyl groups is 1. The number of Topliss-reactive ketones (excluding diaryl/α,β-unsaturated/α-hetero) is 1. The number of ether oxygens (including phenoxy) is 2. The highest BCUT2D eigenvalue weighted by Gasteiger charge is 2.47. The van der Waals surface area contributed by atoms with Crippen LogP contribution < -0.4 is 14.4 Å². The number of ketones is 1. The summed E-state index contributed by atoms with van der Waals surface area (Å²) in [6, 6.07) is 19.2. The number of hydrogen-bond donors (Lipinski definition) is 1. The van der Waals surface area contributed by atoms with E-state index in [-0.39, 0.29) is 11.3 Å². The molecule has 6 heteroatoms. The summed E-state index contributed by atoms with van der Waals surface area (Å²) in [6.45, 7) is 8.42. The summed E-state index contributed by atoms with van der Waals surface area (Å²) in [5.41, 5.74) is 3.61. The van der Waals surface area contributed by atoms with Gasteiger partial charge in [0.15, 0.2) is 0 Å². The van der Waals surface area contributed by atoms with Crippen molar-refractivity contribution in [2.75, 3.05) is 18.1 Å². The molecule has 0 aliphatic carbocycles. The van der Waals surface area contributed by atoms with Gasteiger partial charge in [-0.25, -0.2) is 0 Å². The third-order valence-electron chi connectivity index (χ3n) is 5.99. The van der Waals surface area contributed by atoms with Crippen LogP contribution in [-0.2, 0) is 9.59 Å². The molecule has 1 N–H and O–H groups in total. The average molecular weight is 472 g/mol. The highest BCUT2D eigenvalue weighted by atomic mass is 16.5. The molecule has 1 atom stereocenters. The normalized spacial score (nSPS) is 17.0. The Kier molecular flexibility index (Phi) is 6.92. The van der Waals surface area contributed by atoms with Crippen molar-refractivity contribution in [1.29, 1.82) is 0 Å². The van der Waals surface area contributed by atoms with Gasteiger partial charge in [-0.05, 0) is 57.0 Å². The Labute approximate surface area is 205 Å². The van der Waals surface area contributed by atoms with Crippen LogP contribution in [0.15, 0.2) is 72.3 Å². The first-order valence-corrected chi connectivity index (χ1v) is 11.7. The van der Waals surface area contributed by atoms with Crippen molar-refractivity contribution < 1.29 is 24.2 Å². The van der Waals surface area contributed by atoms with Crippen LogP contribution in [-0.4, -0.2) is 30.0 Å². The average Bonchev–Trinajstić information content (AvgIpc) is 3.10. The predicted molar refractivity (Wildman–Crippen MR) is 136 cm³/mol. The zero-order chi connectivity index (χ0) is 25.1. The van der Waals surface area contributed by atoms with Gasteiger partial charge in [0.25, 0.3) is 11.7 Å². The summed E-state index contributed by atoms with van der Waals surface area (Å²) in [5.74, 6) is -0.747. The first-order chi connectivity index (χ1) is 16.9. The molecule has 0 spiro atoms. The van der Waals surface area contributed by atoms with Gasteiger partial charge in [-0.15, -0.1) is 0 Å². The van der Waals surface area contributed by atoms with Gasteiger partial charge >= 0.3 is 0 Å². The van der Waals surface area contributed by atoms with Crippen LogP contribution in [0.25, 0.3) is 5.76 Å². The molecule has 0 radical (unpaired) electrons. The molecule has 1 amide bonds. The molecule has 4 rings (SSSR count). The number of benzene rings is 3. The Balaban J connectivity index is 1.95. The lowest BCUT2D eigenvalue weighted by Crippen LogP contribution is -2.30. The minimum atomic E-state index is -0.793. The van der Waals surface area contributed by atoms with Gasteiger partial charge in [-0.1, -0.05) is 48.0 Å². The number of aliphatic hydroxyl groups excluding tert-OH is 1. The molecule has 0 aromatic heterocycles. The molecule has 6 nitrogen and oxygen atoms in total. The van der Waals surface area contributed by atoms with Crippen molar-refractivity contribution in [3.63, 3.8) is 0 Å². The van der Waals surface area contributed by atoms with Crippen LogP contribution in [0.2, 0.25) is 0 Å². The smallest absolute Gasteiger partial charge is 0.300 e. The van der Waals surface area contributed by atoms with Gasteiger partial charge in [-0.2, -0.15) is 0 Å². The summed E-state index contributed by atoms with van der Waals surface area (Å²) in [4.78, 5) is 28.3. The van der Waals surface area contributed by atoms with Crippen LogP contribution in [0, 0.1) is 13.8 Å². The van der Waals surface area contributed by atoms with Crippen molar-refractivity contribution in [3.8, 4) is 11.5 Å². The number of rotatable bonds is 7. The molecule has 1 fully saturated rings. The zero-order valence-electron chi connectivity index (χ0n) is 20.4. The Bertz CT molecular complexity index is 1300. The van der Waals surface area contributed by atoms with Gasteiger partial charge < -0.3 is 14.6 Å². The van der Waals surface area contributed by atoms with Gasteiger partial charge in [0, 0.05) is 11.8 Å². The number of anilines is 1. The molecule has 1 saturated heterocycles. The molecule has 1 aliphatic rings. The van der Waals surface area contributed by atoms with Gasteiger partial charge in [0.05, 0.1) is 30.4 Å². The van der Waals surface area contributed by atoms with Crippen LogP contribution in [0.3, 0.4) is 0 Å². The van der Waals surface area contributed by atoms with Crippen molar-refractivity contribution in [2.45, 2.75) is 33.7 Å². The van der Waals surface area contributed by atoms with Gasteiger partial charge in [0.1, 0.15) is 17.3 Å². The Morgan fingerprint density at radius 1 is 0.914 bits per heavy atom. The van der Waals surface area contributed by atoms with E-state index in [9.17, 15) is 14.7 Å². The van der Waals surface area contributed by atoms with E-state index in [0.29, 0.717) is 36.0 Å². The van der Waals surface area contributed by atoms with E-state index in [1.807, 2.05) is 76.2 Å². The minimum absolute atomic E-state index is 0.0197. The summed E-state index contributed by atoms with van der Waals surface area (Å²) in [5, 5.41) is 11.5. The minimum Gasteiger partial charge on any atom is -0.507 e. The Hall–Kier alpha value is -4.06. The quantitative estimate of drug-likeness (QED) is 0.271. The van der Waals surface area contributed by atoms with E-state index < -0.39 is 17.7 Å². The SMILES string of the molecule is CCOc1ccc(/C(O)=C2/C(=O)C(=O)N(c3ccc(C)cc3C)C2c2ccccc2)c(OCC)c1. The second kappa shape index (κ2) is 10.1. The maximum atomic E-state index is 13.4. The Morgan fingerprint density at radius 3 is 2.29 bits per heavy atom. The molecule has 0 saturated carbocycles. The van der Waals surface area contributed by atoms with Crippen molar-refractivity contribution in [2.24, 2.45) is 0 Å². The maximum absolute atomic E-state index is 13.4. The number of nitrogens with zero attached hydrogens (tertiary/aromatic N) is 1.